The maximum absolute atomic E-state index is 13.3. The first kappa shape index (κ1) is 40.0. The molecule has 1 atom stereocenters. The number of aliphatic carboxylic acids is 2. The van der Waals surface area contributed by atoms with Crippen LogP contribution in [-0.2, 0) is 20.8 Å². The number of anilines is 3. The number of hydrogen-bond acceptors (Lipinski definition) is 9. The molecule has 2 heterocycles. The van der Waals surface area contributed by atoms with Crippen molar-refractivity contribution in [1.82, 2.24) is 14.9 Å². The molecule has 4 rings (SSSR count). The third kappa shape index (κ3) is 15.5. The molecule has 0 saturated carbocycles. The number of ether oxygens (including phenoxy) is 1. The van der Waals surface area contributed by atoms with E-state index >= 15 is 0 Å². The van der Waals surface area contributed by atoms with E-state index in [-0.39, 0.29) is 5.91 Å². The number of halogens is 6. The van der Waals surface area contributed by atoms with Gasteiger partial charge in [0.15, 0.2) is 0 Å². The average Bonchev–Trinajstić information content (AvgIpc) is 3.55. The van der Waals surface area contributed by atoms with E-state index in [0.717, 1.165) is 43.2 Å². The molecule has 0 unspecified atom stereocenters. The van der Waals surface area contributed by atoms with E-state index in [0.29, 0.717) is 23.9 Å². The van der Waals surface area contributed by atoms with Crippen molar-refractivity contribution in [2.24, 2.45) is 0 Å². The molecule has 18 heteroatoms. The van der Waals surface area contributed by atoms with Crippen LogP contribution in [-0.4, -0.2) is 94.6 Å². The summed E-state index contributed by atoms with van der Waals surface area (Å²) in [6.07, 6.45) is -7.10. The molecule has 0 bridgehead atoms. The van der Waals surface area contributed by atoms with E-state index in [9.17, 15) is 31.1 Å². The average molecular weight is 703 g/mol. The van der Waals surface area contributed by atoms with Crippen LogP contribution in [0.2, 0.25) is 0 Å². The lowest BCUT2D eigenvalue weighted by molar-refractivity contribution is -0.193. The van der Waals surface area contributed by atoms with Crippen molar-refractivity contribution < 1.29 is 55.7 Å². The van der Waals surface area contributed by atoms with Gasteiger partial charge >= 0.3 is 24.3 Å². The van der Waals surface area contributed by atoms with Gasteiger partial charge in [0, 0.05) is 37.0 Å². The Morgan fingerprint density at radius 3 is 1.96 bits per heavy atom. The first-order valence-electron chi connectivity index (χ1n) is 14.7. The second kappa shape index (κ2) is 19.0. The van der Waals surface area contributed by atoms with Crippen LogP contribution < -0.4 is 20.7 Å². The van der Waals surface area contributed by atoms with Crippen LogP contribution in [0.5, 0.6) is 5.75 Å². The van der Waals surface area contributed by atoms with Gasteiger partial charge in [-0.25, -0.2) is 14.6 Å². The molecule has 0 aliphatic carbocycles. The topological polar surface area (TPSA) is 166 Å². The van der Waals surface area contributed by atoms with Gasteiger partial charge in [-0.2, -0.15) is 31.3 Å². The Balaban J connectivity index is 0.000000500. The fraction of sp³-hybridized carbons (Fsp3) is 0.387. The number of alkyl halides is 6. The molecule has 2 aromatic carbocycles. The largest absolute Gasteiger partial charge is 0.497 e. The summed E-state index contributed by atoms with van der Waals surface area (Å²) >= 11 is 0. The fourth-order valence-corrected chi connectivity index (χ4v) is 4.19. The highest BCUT2D eigenvalue weighted by Crippen LogP contribution is 2.18. The summed E-state index contributed by atoms with van der Waals surface area (Å²) in [7, 11) is 1.62. The number of carboxylic acids is 2. The molecule has 1 aliphatic rings. The molecule has 1 aromatic heterocycles. The summed E-state index contributed by atoms with van der Waals surface area (Å²) in [5.41, 5.74) is 2.60. The van der Waals surface area contributed by atoms with Gasteiger partial charge in [0.05, 0.1) is 7.11 Å². The maximum Gasteiger partial charge on any atom is 0.490 e. The molecular weight excluding hydrogens is 666 g/mol. The molecule has 1 fully saturated rings. The monoisotopic (exact) mass is 702 g/mol. The number of hydrogen-bond donors (Lipinski definition) is 5. The number of benzene rings is 2. The number of aryl methyl sites for hydroxylation is 1. The van der Waals surface area contributed by atoms with Crippen molar-refractivity contribution >= 4 is 35.3 Å². The molecule has 12 nitrogen and oxygen atoms in total. The Labute approximate surface area is 277 Å². The van der Waals surface area contributed by atoms with Gasteiger partial charge in [-0.15, -0.1) is 0 Å². The summed E-state index contributed by atoms with van der Waals surface area (Å²) in [5.74, 6) is -3.73. The van der Waals surface area contributed by atoms with Gasteiger partial charge in [-0.3, -0.25) is 4.79 Å². The number of aromatic nitrogens is 2. The highest BCUT2D eigenvalue weighted by molar-refractivity contribution is 5.96. The van der Waals surface area contributed by atoms with Crippen LogP contribution in [0.15, 0.2) is 60.7 Å². The molecule has 0 spiro atoms. The number of carboxylic acid groups (broad SMARTS) is 2. The Kier molecular flexibility index (Phi) is 15.5. The number of likely N-dealkylation sites (tertiary alicyclic amines) is 1. The Morgan fingerprint density at radius 1 is 0.898 bits per heavy atom. The van der Waals surface area contributed by atoms with Gasteiger partial charge in [-0.1, -0.05) is 30.3 Å². The van der Waals surface area contributed by atoms with Crippen molar-refractivity contribution in [2.45, 2.75) is 44.6 Å². The molecule has 268 valence electrons. The Hall–Kier alpha value is -5.13. The van der Waals surface area contributed by atoms with E-state index < -0.39 is 30.3 Å². The zero-order valence-electron chi connectivity index (χ0n) is 26.4. The number of methoxy groups -OCH3 is 1. The molecule has 1 amide bonds. The van der Waals surface area contributed by atoms with E-state index in [1.54, 1.807) is 7.11 Å². The summed E-state index contributed by atoms with van der Waals surface area (Å²) in [4.78, 5) is 42.7. The second-order valence-electron chi connectivity index (χ2n) is 10.4. The third-order valence-corrected chi connectivity index (χ3v) is 6.53. The lowest BCUT2D eigenvalue weighted by atomic mass is 10.0. The SMILES string of the molecule is COc1ccc(NC(=O)[C@H](Cc2ccccc2)Nc2cc(C)nc(NCCN3CCCC3)n2)cc1.O=C(O)C(F)(F)F.O=C(O)C(F)(F)F. The van der Waals surface area contributed by atoms with Crippen LogP contribution in [0.3, 0.4) is 0 Å². The molecule has 49 heavy (non-hydrogen) atoms. The summed E-state index contributed by atoms with van der Waals surface area (Å²) < 4.78 is 68.7. The minimum atomic E-state index is -5.08. The number of rotatable bonds is 11. The smallest absolute Gasteiger partial charge is 0.490 e. The molecule has 3 aromatic rings. The van der Waals surface area contributed by atoms with E-state index in [1.807, 2.05) is 67.6 Å². The molecular formula is C31H36F6N6O6. The normalized spacial score (nSPS) is 13.5. The van der Waals surface area contributed by atoms with Crippen molar-refractivity contribution in [3.8, 4) is 5.75 Å². The van der Waals surface area contributed by atoms with Gasteiger partial charge in [-0.05, 0) is 62.7 Å². The molecule has 5 N–H and O–H groups in total. The van der Waals surface area contributed by atoms with Crippen molar-refractivity contribution in [3.05, 3.63) is 71.9 Å². The van der Waals surface area contributed by atoms with Crippen LogP contribution in [0.25, 0.3) is 0 Å². The lowest BCUT2D eigenvalue weighted by Gasteiger charge is -2.20. The van der Waals surface area contributed by atoms with Gasteiger partial charge < -0.3 is 35.8 Å². The predicted octanol–water partition coefficient (Wildman–Crippen LogP) is 5.23. The fourth-order valence-electron chi connectivity index (χ4n) is 4.19. The Morgan fingerprint density at radius 2 is 1.45 bits per heavy atom. The van der Waals surface area contributed by atoms with Crippen LogP contribution >= 0.6 is 0 Å². The van der Waals surface area contributed by atoms with E-state index in [1.165, 1.54) is 12.8 Å². The summed E-state index contributed by atoms with van der Waals surface area (Å²) in [6.45, 7) is 6.01. The van der Waals surface area contributed by atoms with Gasteiger partial charge in [0.25, 0.3) is 0 Å². The predicted molar refractivity (Wildman–Crippen MR) is 167 cm³/mol. The van der Waals surface area contributed by atoms with Crippen molar-refractivity contribution in [1.29, 1.82) is 0 Å². The van der Waals surface area contributed by atoms with Crippen LogP contribution in [0.4, 0.5) is 43.8 Å². The number of carbonyl (C=O) groups is 3. The van der Waals surface area contributed by atoms with Crippen LogP contribution in [0.1, 0.15) is 24.1 Å². The first-order chi connectivity index (χ1) is 23.0. The Bertz CT molecular complexity index is 1460. The standard InChI is InChI=1S/C27H34N6O2.2C2HF3O2/c1-20-18-25(32-27(29-20)28-14-17-33-15-6-7-16-33)31-24(19-21-8-4-3-5-9-21)26(34)30-22-10-12-23(35-2)13-11-22;2*3-2(4,5)1(6)7/h3-5,8-13,18,24H,6-7,14-17,19H2,1-2H3,(H,30,34)(H2,28,29,31,32);2*(H,6,7)/t24-;;/m0../s1. The number of carbonyl (C=O) groups excluding carboxylic acids is 1. The summed E-state index contributed by atoms with van der Waals surface area (Å²) in [5, 5.41) is 23.9. The second-order valence-corrected chi connectivity index (χ2v) is 10.4. The van der Waals surface area contributed by atoms with E-state index in [4.69, 9.17) is 24.5 Å². The summed E-state index contributed by atoms with van der Waals surface area (Å²) in [6, 6.07) is 18.6. The quantitative estimate of drug-likeness (QED) is 0.166. The highest BCUT2D eigenvalue weighted by Gasteiger charge is 2.38. The van der Waals surface area contributed by atoms with Crippen molar-refractivity contribution in [2.75, 3.05) is 49.2 Å². The van der Waals surface area contributed by atoms with Crippen molar-refractivity contribution in [3.63, 3.8) is 0 Å². The maximum atomic E-state index is 13.3. The van der Waals surface area contributed by atoms with Gasteiger partial charge in [0.2, 0.25) is 11.9 Å². The minimum Gasteiger partial charge on any atom is -0.497 e. The minimum absolute atomic E-state index is 0.140. The molecule has 1 saturated heterocycles. The molecule has 0 radical (unpaired) electrons. The number of nitrogens with zero attached hydrogens (tertiary/aromatic N) is 3. The zero-order valence-corrected chi connectivity index (χ0v) is 26.4. The zero-order chi connectivity index (χ0) is 36.6. The van der Waals surface area contributed by atoms with E-state index in [2.05, 4.69) is 30.8 Å². The lowest BCUT2D eigenvalue weighted by Crippen LogP contribution is -2.37. The number of amides is 1. The third-order valence-electron chi connectivity index (χ3n) is 6.53. The highest BCUT2D eigenvalue weighted by atomic mass is 19.4. The van der Waals surface area contributed by atoms with Gasteiger partial charge in [0.1, 0.15) is 17.6 Å². The number of nitrogens with one attached hydrogen (secondary N) is 3. The van der Waals surface area contributed by atoms with Crippen LogP contribution in [0, 0.1) is 6.92 Å². The molecule has 1 aliphatic heterocycles. The first-order valence-corrected chi connectivity index (χ1v) is 14.7.